The molecule has 1 aliphatic carbocycles. The van der Waals surface area contributed by atoms with E-state index in [4.69, 9.17) is 19.8 Å². The van der Waals surface area contributed by atoms with Gasteiger partial charge >= 0.3 is 6.09 Å². The van der Waals surface area contributed by atoms with Crippen LogP contribution in [0.5, 0.6) is 0 Å². The van der Waals surface area contributed by atoms with Crippen LogP contribution in [0.15, 0.2) is 33.9 Å². The van der Waals surface area contributed by atoms with E-state index >= 15 is 0 Å². The molecule has 1 N–H and O–H groups in total. The van der Waals surface area contributed by atoms with Gasteiger partial charge < -0.3 is 19.7 Å². The Morgan fingerprint density at radius 3 is 2.94 bits per heavy atom. The van der Waals surface area contributed by atoms with Crippen molar-refractivity contribution in [2.45, 2.75) is 50.5 Å². The minimum Gasteiger partial charge on any atom is -0.465 e. The van der Waals surface area contributed by atoms with Gasteiger partial charge in [0.2, 0.25) is 0 Å². The summed E-state index contributed by atoms with van der Waals surface area (Å²) in [6, 6.07) is 6.28. The first-order valence-corrected chi connectivity index (χ1v) is 11.9. The normalized spacial score (nSPS) is 22.4. The highest BCUT2D eigenvalue weighted by atomic mass is 32.1. The number of piperidine rings is 1. The minimum atomic E-state index is -0.838. The molecule has 1 atom stereocenters. The molecule has 1 amide bonds. The third kappa shape index (κ3) is 3.97. The van der Waals surface area contributed by atoms with Crippen molar-refractivity contribution >= 4 is 28.9 Å². The number of benzene rings is 1. The fourth-order valence-electron chi connectivity index (χ4n) is 4.85. The zero-order valence-corrected chi connectivity index (χ0v) is 18.8. The van der Waals surface area contributed by atoms with Gasteiger partial charge in [0.15, 0.2) is 6.10 Å². The molecule has 0 saturated carbocycles. The lowest BCUT2D eigenvalue weighted by molar-refractivity contribution is 0.0850. The Morgan fingerprint density at radius 2 is 2.16 bits per heavy atom. The van der Waals surface area contributed by atoms with Crippen molar-refractivity contribution in [3.63, 3.8) is 0 Å². The minimum absolute atomic E-state index is 0.120. The quantitative estimate of drug-likeness (QED) is 0.684. The van der Waals surface area contributed by atoms with Gasteiger partial charge in [-0.25, -0.2) is 9.78 Å². The van der Waals surface area contributed by atoms with Gasteiger partial charge in [0.25, 0.3) is 0 Å². The maximum Gasteiger partial charge on any atom is 0.407 e. The number of hydrogen-bond donors (Lipinski definition) is 1. The van der Waals surface area contributed by atoms with E-state index in [1.54, 1.807) is 18.4 Å². The number of aromatic nitrogens is 1. The van der Waals surface area contributed by atoms with Crippen LogP contribution in [0.25, 0.3) is 0 Å². The van der Waals surface area contributed by atoms with Crippen molar-refractivity contribution < 1.29 is 19.6 Å². The molecule has 32 heavy (non-hydrogen) atoms. The third-order valence-corrected chi connectivity index (χ3v) is 7.52. The Labute approximate surface area is 190 Å². The van der Waals surface area contributed by atoms with E-state index in [0.717, 1.165) is 59.8 Å². The van der Waals surface area contributed by atoms with Crippen LogP contribution in [-0.4, -0.2) is 52.7 Å². The van der Waals surface area contributed by atoms with Crippen LogP contribution in [0, 0.1) is 0 Å². The highest BCUT2D eigenvalue weighted by Gasteiger charge is 2.31. The van der Waals surface area contributed by atoms with Gasteiger partial charge in [0.1, 0.15) is 12.8 Å². The molecule has 1 unspecified atom stereocenters. The predicted molar refractivity (Wildman–Crippen MR) is 122 cm³/mol. The Kier molecular flexibility index (Phi) is 5.82. The average Bonchev–Trinajstić information content (AvgIpc) is 3.49. The summed E-state index contributed by atoms with van der Waals surface area (Å²) < 4.78 is 0. The van der Waals surface area contributed by atoms with Crippen LogP contribution in [0.4, 0.5) is 4.79 Å². The molecule has 1 saturated heterocycles. The molecular formula is C23H26N4O4S. The molecule has 0 radical (unpaired) electrons. The van der Waals surface area contributed by atoms with Crippen LogP contribution in [0.1, 0.15) is 71.5 Å². The number of hydrogen-bond acceptors (Lipinski definition) is 7. The predicted octanol–water partition coefficient (Wildman–Crippen LogP) is 4.55. The van der Waals surface area contributed by atoms with E-state index < -0.39 is 6.09 Å². The number of carbonyl (C=O) groups is 1. The molecule has 9 heteroatoms. The number of carboxylic acid groups (broad SMARTS) is 1. The Bertz CT molecular complexity index is 1070. The fourth-order valence-corrected chi connectivity index (χ4v) is 5.85. The summed E-state index contributed by atoms with van der Waals surface area (Å²) in [6.07, 6.45) is 4.32. The zero-order chi connectivity index (χ0) is 22.1. The summed E-state index contributed by atoms with van der Waals surface area (Å²) in [5.41, 5.74) is 6.34. The van der Waals surface area contributed by atoms with Crippen LogP contribution in [-0.2, 0) is 16.1 Å². The summed E-state index contributed by atoms with van der Waals surface area (Å²) in [5.74, 6) is 0.308. The van der Waals surface area contributed by atoms with Gasteiger partial charge in [-0.2, -0.15) is 0 Å². The highest BCUT2D eigenvalue weighted by Crippen LogP contribution is 2.37. The number of rotatable bonds is 4. The zero-order valence-electron chi connectivity index (χ0n) is 18.0. The molecule has 0 bridgehead atoms. The summed E-state index contributed by atoms with van der Waals surface area (Å²) in [4.78, 5) is 28.4. The van der Waals surface area contributed by atoms with Gasteiger partial charge in [-0.1, -0.05) is 28.5 Å². The van der Waals surface area contributed by atoms with E-state index in [9.17, 15) is 4.79 Å². The van der Waals surface area contributed by atoms with E-state index in [2.05, 4.69) is 28.5 Å². The maximum atomic E-state index is 11.1. The summed E-state index contributed by atoms with van der Waals surface area (Å²) in [7, 11) is 1.59. The fraction of sp³-hybridized carbons (Fsp3) is 0.478. The van der Waals surface area contributed by atoms with Gasteiger partial charge in [-0.15, -0.1) is 11.3 Å². The second-order valence-corrected chi connectivity index (χ2v) is 9.29. The third-order valence-electron chi connectivity index (χ3n) is 6.51. The maximum absolute atomic E-state index is 11.1. The molecule has 2 aromatic rings. The first-order chi connectivity index (χ1) is 15.6. The van der Waals surface area contributed by atoms with Crippen LogP contribution in [0.2, 0.25) is 0 Å². The monoisotopic (exact) mass is 454 g/mol. The molecule has 3 heterocycles. The van der Waals surface area contributed by atoms with Gasteiger partial charge in [-0.3, -0.25) is 0 Å². The van der Waals surface area contributed by atoms with E-state index in [1.807, 2.05) is 5.38 Å². The van der Waals surface area contributed by atoms with Crippen LogP contribution < -0.4 is 0 Å². The Balaban J connectivity index is 1.29. The summed E-state index contributed by atoms with van der Waals surface area (Å²) in [6.45, 7) is 1.13. The largest absolute Gasteiger partial charge is 0.465 e. The van der Waals surface area contributed by atoms with Crippen molar-refractivity contribution in [1.29, 1.82) is 0 Å². The number of oxime groups is 2. The number of amides is 1. The molecule has 5 rings (SSSR count). The Morgan fingerprint density at radius 1 is 1.31 bits per heavy atom. The van der Waals surface area contributed by atoms with Crippen molar-refractivity contribution in [2.24, 2.45) is 10.3 Å². The summed E-state index contributed by atoms with van der Waals surface area (Å²) >= 11 is 1.64. The molecule has 1 fully saturated rings. The molecule has 168 valence electrons. The first kappa shape index (κ1) is 20.9. The van der Waals surface area contributed by atoms with Crippen molar-refractivity contribution in [2.75, 3.05) is 20.2 Å². The SMILES string of the molecule is CON=C1CCCc2c1cccc2C1CC(c2csc(C3CCN(C(=O)O)CC3)n2)=NO1. The molecule has 2 aliphatic heterocycles. The number of nitrogens with zero attached hydrogens (tertiary/aromatic N) is 4. The van der Waals surface area contributed by atoms with Crippen LogP contribution in [0.3, 0.4) is 0 Å². The molecule has 8 nitrogen and oxygen atoms in total. The lowest BCUT2D eigenvalue weighted by Gasteiger charge is -2.28. The van der Waals surface area contributed by atoms with Crippen molar-refractivity contribution in [1.82, 2.24) is 9.88 Å². The van der Waals surface area contributed by atoms with Crippen molar-refractivity contribution in [3.8, 4) is 0 Å². The average molecular weight is 455 g/mol. The Hall–Kier alpha value is -2.94. The van der Waals surface area contributed by atoms with E-state index in [-0.39, 0.29) is 6.10 Å². The first-order valence-electron chi connectivity index (χ1n) is 11.0. The van der Waals surface area contributed by atoms with Gasteiger partial charge in [0.05, 0.1) is 16.4 Å². The second-order valence-electron chi connectivity index (χ2n) is 8.40. The topological polar surface area (TPSA) is 96.6 Å². The molecular weight excluding hydrogens is 428 g/mol. The number of thiazole rings is 1. The summed E-state index contributed by atoms with van der Waals surface area (Å²) in [5, 5.41) is 20.9. The number of fused-ring (bicyclic) bond motifs is 1. The van der Waals surface area contributed by atoms with Gasteiger partial charge in [0, 0.05) is 36.4 Å². The lowest BCUT2D eigenvalue weighted by Crippen LogP contribution is -2.36. The van der Waals surface area contributed by atoms with Gasteiger partial charge in [-0.05, 0) is 43.2 Å². The molecule has 1 aromatic heterocycles. The van der Waals surface area contributed by atoms with E-state index in [1.165, 1.54) is 16.0 Å². The molecule has 1 aromatic carbocycles. The molecule has 0 spiro atoms. The highest BCUT2D eigenvalue weighted by molar-refractivity contribution is 7.10. The second kappa shape index (κ2) is 8.90. The van der Waals surface area contributed by atoms with Crippen LogP contribution >= 0.6 is 11.3 Å². The van der Waals surface area contributed by atoms with Crippen molar-refractivity contribution in [3.05, 3.63) is 51.0 Å². The van der Waals surface area contributed by atoms with E-state index in [0.29, 0.717) is 25.4 Å². The lowest BCUT2D eigenvalue weighted by atomic mass is 9.84. The standard InChI is InChI=1S/C23H26N4O4S/c1-30-25-18-7-3-4-15-16(18)5-2-6-17(15)21-12-19(26-31-21)20-13-32-22(24-20)14-8-10-27(11-9-14)23(28)29/h2,5-6,13-14,21H,3-4,7-12H2,1H3,(H,28,29). The number of likely N-dealkylation sites (tertiary alicyclic amines) is 1. The molecule has 3 aliphatic rings. The smallest absolute Gasteiger partial charge is 0.407 e.